The molecule has 1 N–H and O–H groups in total. The average molecular weight is 430 g/mol. The lowest BCUT2D eigenvalue weighted by atomic mass is 10.0. The van der Waals surface area contributed by atoms with E-state index in [9.17, 15) is 9.59 Å². The van der Waals surface area contributed by atoms with Crippen molar-refractivity contribution in [2.75, 3.05) is 30.7 Å². The third-order valence-corrected chi connectivity index (χ3v) is 7.54. The van der Waals surface area contributed by atoms with Crippen LogP contribution in [0.5, 0.6) is 0 Å². The van der Waals surface area contributed by atoms with Gasteiger partial charge in [0.2, 0.25) is 0 Å². The number of piperidine rings is 1. The molecule has 0 saturated carbocycles. The molecule has 152 valence electrons. The van der Waals surface area contributed by atoms with Crippen LogP contribution in [0, 0.1) is 6.92 Å². The maximum Gasteiger partial charge on any atom is 0.321 e. The molecule has 7 heteroatoms. The van der Waals surface area contributed by atoms with Gasteiger partial charge in [-0.15, -0.1) is 11.8 Å². The number of hydrogen-bond donors (Lipinski definition) is 1. The largest absolute Gasteiger partial charge is 0.324 e. The van der Waals surface area contributed by atoms with Crippen molar-refractivity contribution in [1.82, 2.24) is 9.80 Å². The van der Waals surface area contributed by atoms with E-state index in [4.69, 9.17) is 11.6 Å². The predicted molar refractivity (Wildman–Crippen MR) is 119 cm³/mol. The van der Waals surface area contributed by atoms with Crippen molar-refractivity contribution in [3.8, 4) is 0 Å². The highest BCUT2D eigenvalue weighted by atomic mass is 35.5. The quantitative estimate of drug-likeness (QED) is 0.741. The van der Waals surface area contributed by atoms with Crippen LogP contribution >= 0.6 is 23.4 Å². The van der Waals surface area contributed by atoms with Gasteiger partial charge in [0.05, 0.1) is 15.5 Å². The Balaban J connectivity index is 1.42. The van der Waals surface area contributed by atoms with Gasteiger partial charge in [0.25, 0.3) is 5.91 Å². The van der Waals surface area contributed by atoms with Gasteiger partial charge in [-0.05, 0) is 44.0 Å². The van der Waals surface area contributed by atoms with Crippen LogP contribution in [0.15, 0.2) is 48.5 Å². The molecule has 2 heterocycles. The predicted octanol–water partition coefficient (Wildman–Crippen LogP) is 4.86. The minimum absolute atomic E-state index is 0.0156. The van der Waals surface area contributed by atoms with Gasteiger partial charge in [-0.2, -0.15) is 0 Å². The van der Waals surface area contributed by atoms with Crippen LogP contribution in [0.1, 0.15) is 28.8 Å². The first-order chi connectivity index (χ1) is 14.0. The van der Waals surface area contributed by atoms with E-state index >= 15 is 0 Å². The Labute approximate surface area is 180 Å². The zero-order valence-corrected chi connectivity index (χ0v) is 17.9. The summed E-state index contributed by atoms with van der Waals surface area (Å²) in [7, 11) is 0. The minimum Gasteiger partial charge on any atom is -0.324 e. The highest BCUT2D eigenvalue weighted by molar-refractivity contribution is 8.00. The number of rotatable bonds is 2. The summed E-state index contributed by atoms with van der Waals surface area (Å²) >= 11 is 8.09. The summed E-state index contributed by atoms with van der Waals surface area (Å²) in [4.78, 5) is 29.4. The molecule has 5 nitrogen and oxygen atoms in total. The summed E-state index contributed by atoms with van der Waals surface area (Å²) in [5.41, 5.74) is 2.51. The number of likely N-dealkylation sites (tertiary alicyclic amines) is 1. The van der Waals surface area contributed by atoms with Crippen LogP contribution in [0.4, 0.5) is 10.5 Å². The summed E-state index contributed by atoms with van der Waals surface area (Å²) in [5, 5.41) is 3.45. The van der Waals surface area contributed by atoms with Crippen LogP contribution in [0.25, 0.3) is 0 Å². The molecule has 1 spiro atoms. The molecule has 29 heavy (non-hydrogen) atoms. The summed E-state index contributed by atoms with van der Waals surface area (Å²) < 4.78 is 0. The van der Waals surface area contributed by atoms with Gasteiger partial charge in [-0.25, -0.2) is 4.79 Å². The second-order valence-corrected chi connectivity index (χ2v) is 9.38. The standard InChI is InChI=1S/C22H24ClN3O2S/c1-16-6-8-17(9-7-16)24-21(28)25-12-10-22(11-13-25)26(14-15-29-22)20(27)18-4-2-3-5-19(18)23/h2-9H,10-15H2,1H3,(H,24,28). The normalized spacial score (nSPS) is 18.1. The van der Waals surface area contributed by atoms with E-state index in [2.05, 4.69) is 5.32 Å². The number of aryl methyl sites for hydroxylation is 1. The summed E-state index contributed by atoms with van der Waals surface area (Å²) in [6, 6.07) is 14.9. The molecule has 2 saturated heterocycles. The van der Waals surface area contributed by atoms with Crippen molar-refractivity contribution in [2.24, 2.45) is 0 Å². The lowest BCUT2D eigenvalue weighted by Gasteiger charge is -2.44. The second kappa shape index (κ2) is 8.28. The molecular formula is C22H24ClN3O2S. The molecule has 0 unspecified atom stereocenters. The maximum atomic E-state index is 13.2. The van der Waals surface area contributed by atoms with Gasteiger partial charge in [0, 0.05) is 31.1 Å². The summed E-state index contributed by atoms with van der Waals surface area (Å²) in [6.07, 6.45) is 1.52. The van der Waals surface area contributed by atoms with Gasteiger partial charge in [-0.3, -0.25) is 4.79 Å². The second-order valence-electron chi connectivity index (χ2n) is 7.51. The molecule has 0 aromatic heterocycles. The van der Waals surface area contributed by atoms with Gasteiger partial charge < -0.3 is 15.1 Å². The molecule has 2 aromatic rings. The Morgan fingerprint density at radius 3 is 2.41 bits per heavy atom. The van der Waals surface area contributed by atoms with Crippen molar-refractivity contribution in [2.45, 2.75) is 24.6 Å². The lowest BCUT2D eigenvalue weighted by molar-refractivity contribution is 0.0586. The average Bonchev–Trinajstić information content (AvgIpc) is 3.13. The smallest absolute Gasteiger partial charge is 0.321 e. The van der Waals surface area contributed by atoms with Crippen molar-refractivity contribution in [3.05, 3.63) is 64.7 Å². The first-order valence-electron chi connectivity index (χ1n) is 9.82. The van der Waals surface area contributed by atoms with Gasteiger partial charge in [0.1, 0.15) is 0 Å². The number of halogens is 1. The molecule has 4 rings (SSSR count). The molecule has 0 bridgehead atoms. The van der Waals surface area contributed by atoms with E-state index in [-0.39, 0.29) is 16.8 Å². The zero-order chi connectivity index (χ0) is 20.4. The van der Waals surface area contributed by atoms with E-state index < -0.39 is 0 Å². The zero-order valence-electron chi connectivity index (χ0n) is 16.4. The van der Waals surface area contributed by atoms with Crippen LogP contribution < -0.4 is 5.32 Å². The number of nitrogens with one attached hydrogen (secondary N) is 1. The van der Waals surface area contributed by atoms with E-state index in [1.807, 2.05) is 64.9 Å². The number of hydrogen-bond acceptors (Lipinski definition) is 3. The molecule has 0 radical (unpaired) electrons. The Kier molecular flexibility index (Phi) is 5.74. The Morgan fingerprint density at radius 2 is 1.72 bits per heavy atom. The molecule has 0 aliphatic carbocycles. The Hall–Kier alpha value is -2.18. The van der Waals surface area contributed by atoms with E-state index in [0.717, 1.165) is 29.8 Å². The molecule has 3 amide bonds. The van der Waals surface area contributed by atoms with Gasteiger partial charge in [-0.1, -0.05) is 41.4 Å². The highest BCUT2D eigenvalue weighted by Crippen LogP contribution is 2.45. The van der Waals surface area contributed by atoms with Crippen molar-refractivity contribution in [1.29, 1.82) is 0 Å². The van der Waals surface area contributed by atoms with Crippen molar-refractivity contribution >= 4 is 41.0 Å². The Bertz CT molecular complexity index is 911. The molecule has 0 atom stereocenters. The van der Waals surface area contributed by atoms with E-state index in [0.29, 0.717) is 30.2 Å². The monoisotopic (exact) mass is 429 g/mol. The van der Waals surface area contributed by atoms with Crippen LogP contribution in [0.3, 0.4) is 0 Å². The van der Waals surface area contributed by atoms with Crippen LogP contribution in [0.2, 0.25) is 5.02 Å². The number of carbonyl (C=O) groups excluding carboxylic acids is 2. The third-order valence-electron chi connectivity index (χ3n) is 5.66. The fourth-order valence-corrected chi connectivity index (χ4v) is 5.66. The molecule has 2 aromatic carbocycles. The van der Waals surface area contributed by atoms with E-state index in [1.165, 1.54) is 0 Å². The molecule has 2 aliphatic heterocycles. The third kappa shape index (κ3) is 4.09. The van der Waals surface area contributed by atoms with Crippen molar-refractivity contribution in [3.63, 3.8) is 0 Å². The SMILES string of the molecule is Cc1ccc(NC(=O)N2CCC3(CC2)SCCN3C(=O)c2ccccc2Cl)cc1. The first-order valence-corrected chi connectivity index (χ1v) is 11.2. The number of urea groups is 1. The first kappa shape index (κ1) is 20.1. The van der Waals surface area contributed by atoms with Crippen LogP contribution in [-0.4, -0.2) is 52.0 Å². The highest BCUT2D eigenvalue weighted by Gasteiger charge is 2.47. The van der Waals surface area contributed by atoms with Gasteiger partial charge in [0.15, 0.2) is 0 Å². The molecule has 2 fully saturated rings. The number of carbonyl (C=O) groups is 2. The van der Waals surface area contributed by atoms with Crippen LogP contribution in [-0.2, 0) is 0 Å². The lowest BCUT2D eigenvalue weighted by Crippen LogP contribution is -2.54. The minimum atomic E-state index is -0.253. The van der Waals surface area contributed by atoms with Gasteiger partial charge >= 0.3 is 6.03 Å². The fraction of sp³-hybridized carbons (Fsp3) is 0.364. The number of amides is 3. The van der Waals surface area contributed by atoms with Crippen molar-refractivity contribution < 1.29 is 9.59 Å². The van der Waals surface area contributed by atoms with E-state index in [1.54, 1.807) is 12.1 Å². The summed E-state index contributed by atoms with van der Waals surface area (Å²) in [5.74, 6) is 0.893. The Morgan fingerprint density at radius 1 is 1.03 bits per heavy atom. The number of thioether (sulfide) groups is 1. The number of benzene rings is 2. The number of nitrogens with zero attached hydrogens (tertiary/aromatic N) is 2. The topological polar surface area (TPSA) is 52.7 Å². The number of anilines is 1. The maximum absolute atomic E-state index is 13.2. The summed E-state index contributed by atoms with van der Waals surface area (Å²) in [6.45, 7) is 3.98. The molecular weight excluding hydrogens is 406 g/mol. The fourth-order valence-electron chi connectivity index (χ4n) is 3.99. The molecule has 2 aliphatic rings.